The summed E-state index contributed by atoms with van der Waals surface area (Å²) in [4.78, 5) is 26.0. The van der Waals surface area contributed by atoms with Crippen molar-refractivity contribution in [3.8, 4) is 17.6 Å². The molecule has 0 saturated heterocycles. The molecule has 0 unspecified atom stereocenters. The number of hydrogen-bond acceptors (Lipinski definition) is 5. The predicted molar refractivity (Wildman–Crippen MR) is 126 cm³/mol. The first-order valence-electron chi connectivity index (χ1n) is 11.4. The molecular weight excluding hydrogens is 473 g/mol. The highest BCUT2D eigenvalue weighted by atomic mass is 19.4. The molecule has 0 heterocycles. The van der Waals surface area contributed by atoms with Crippen LogP contribution in [0.15, 0.2) is 48.0 Å². The number of halogens is 3. The molecule has 0 saturated carbocycles. The Morgan fingerprint density at radius 1 is 1.19 bits per heavy atom. The second kappa shape index (κ2) is 8.70. The third-order valence-electron chi connectivity index (χ3n) is 7.27. The van der Waals surface area contributed by atoms with E-state index in [0.29, 0.717) is 12.8 Å². The first-order valence-corrected chi connectivity index (χ1v) is 11.4. The van der Waals surface area contributed by atoms with E-state index >= 15 is 0 Å². The molecule has 4 rings (SSSR count). The number of benzene rings is 2. The van der Waals surface area contributed by atoms with E-state index in [1.165, 1.54) is 19.2 Å². The van der Waals surface area contributed by atoms with Crippen LogP contribution in [0.1, 0.15) is 48.7 Å². The number of allylic oxidation sites excluding steroid dienone is 2. The molecule has 6 nitrogen and oxygen atoms in total. The number of hydrogen-bond donors (Lipinski definition) is 1. The number of carbonyl (C=O) groups excluding carboxylic acids is 2. The summed E-state index contributed by atoms with van der Waals surface area (Å²) in [5.74, 6) is -0.958. The van der Waals surface area contributed by atoms with Gasteiger partial charge in [-0.05, 0) is 54.2 Å². The average Bonchev–Trinajstić information content (AvgIpc) is 2.80. The summed E-state index contributed by atoms with van der Waals surface area (Å²) in [6.45, 7) is 5.72. The minimum atomic E-state index is -4.85. The van der Waals surface area contributed by atoms with Crippen molar-refractivity contribution in [2.75, 3.05) is 12.4 Å². The Balaban J connectivity index is 1.72. The van der Waals surface area contributed by atoms with Crippen LogP contribution in [0, 0.1) is 22.7 Å². The lowest BCUT2D eigenvalue weighted by Gasteiger charge is -2.51. The number of carbonyl (C=O) groups is 2. The molecule has 188 valence electrons. The first kappa shape index (κ1) is 25.3. The molecule has 9 heteroatoms. The number of rotatable bonds is 4. The number of aryl methyl sites for hydroxylation is 1. The van der Waals surface area contributed by atoms with E-state index in [0.717, 1.165) is 23.3 Å². The molecule has 0 fully saturated rings. The Kier molecular flexibility index (Phi) is 6.11. The van der Waals surface area contributed by atoms with Crippen molar-refractivity contribution >= 4 is 17.4 Å². The number of nitriles is 1. The van der Waals surface area contributed by atoms with Crippen molar-refractivity contribution in [2.24, 2.45) is 11.3 Å². The molecule has 0 bridgehead atoms. The van der Waals surface area contributed by atoms with Crippen LogP contribution >= 0.6 is 0 Å². The minimum absolute atomic E-state index is 0.0529. The SMILES string of the molecule is COc1cc2c(cc1C(=O)Nc1cccc(OC(F)(F)F)c1)CC[C@H]1C(C)(C)C(=O)C(C#N)=C[C@]21C. The summed E-state index contributed by atoms with van der Waals surface area (Å²) >= 11 is 0. The quantitative estimate of drug-likeness (QED) is 0.582. The van der Waals surface area contributed by atoms with E-state index in [-0.39, 0.29) is 34.3 Å². The predicted octanol–water partition coefficient (Wildman–Crippen LogP) is 5.73. The number of ether oxygens (including phenoxy) is 2. The molecule has 2 aliphatic rings. The number of Topliss-reactive ketones (excluding diaryl/α,β-unsaturated/α-hetero) is 1. The molecule has 2 aliphatic carbocycles. The molecule has 2 aromatic carbocycles. The normalized spacial score (nSPS) is 22.4. The highest BCUT2D eigenvalue weighted by Crippen LogP contribution is 2.55. The van der Waals surface area contributed by atoms with Gasteiger partial charge in [-0.15, -0.1) is 13.2 Å². The van der Waals surface area contributed by atoms with Gasteiger partial charge in [0, 0.05) is 22.6 Å². The molecule has 2 atom stereocenters. The minimum Gasteiger partial charge on any atom is -0.496 e. The van der Waals surface area contributed by atoms with Gasteiger partial charge in [-0.3, -0.25) is 9.59 Å². The fraction of sp³-hybridized carbons (Fsp3) is 0.370. The van der Waals surface area contributed by atoms with Gasteiger partial charge in [0.05, 0.1) is 18.2 Å². The summed E-state index contributed by atoms with van der Waals surface area (Å²) in [7, 11) is 1.42. The van der Waals surface area contributed by atoms with Gasteiger partial charge in [-0.25, -0.2) is 0 Å². The summed E-state index contributed by atoms with van der Waals surface area (Å²) in [5, 5.41) is 12.2. The van der Waals surface area contributed by atoms with E-state index in [9.17, 15) is 28.0 Å². The van der Waals surface area contributed by atoms with Gasteiger partial charge < -0.3 is 14.8 Å². The molecule has 0 spiro atoms. The number of amides is 1. The number of nitrogens with one attached hydrogen (secondary N) is 1. The molecular formula is C27H25F3N2O4. The summed E-state index contributed by atoms with van der Waals surface area (Å²) in [6.07, 6.45) is -1.83. The van der Waals surface area contributed by atoms with Crippen LogP contribution in [0.2, 0.25) is 0 Å². The van der Waals surface area contributed by atoms with E-state index in [2.05, 4.69) is 10.1 Å². The Morgan fingerprint density at radius 3 is 2.56 bits per heavy atom. The monoisotopic (exact) mass is 498 g/mol. The van der Waals surface area contributed by atoms with Crippen molar-refractivity contribution in [1.82, 2.24) is 0 Å². The van der Waals surface area contributed by atoms with E-state index < -0.39 is 28.8 Å². The number of alkyl halides is 3. The van der Waals surface area contributed by atoms with E-state index in [1.807, 2.05) is 26.8 Å². The Hall–Kier alpha value is -3.80. The van der Waals surface area contributed by atoms with E-state index in [1.54, 1.807) is 18.2 Å². The van der Waals surface area contributed by atoms with Crippen LogP contribution in [0.5, 0.6) is 11.5 Å². The van der Waals surface area contributed by atoms with Crippen molar-refractivity contribution < 1.29 is 32.2 Å². The first-order chi connectivity index (χ1) is 16.8. The van der Waals surface area contributed by atoms with Crippen LogP contribution in [-0.4, -0.2) is 25.2 Å². The zero-order chi connectivity index (χ0) is 26.5. The number of nitrogens with zero attached hydrogens (tertiary/aromatic N) is 1. The van der Waals surface area contributed by atoms with Crippen molar-refractivity contribution in [2.45, 2.75) is 45.4 Å². The zero-order valence-electron chi connectivity index (χ0n) is 20.2. The maximum Gasteiger partial charge on any atom is 0.573 e. The summed E-state index contributed by atoms with van der Waals surface area (Å²) < 4.78 is 47.1. The molecule has 0 aromatic heterocycles. The number of fused-ring (bicyclic) bond motifs is 3. The average molecular weight is 499 g/mol. The standard InChI is InChI=1S/C27H25F3N2O4/c1-25(2)22-9-8-15-10-19(24(34)32-17-6-5-7-18(11-17)36-27(28,29)30)21(35-4)12-20(15)26(22,3)13-16(14-31)23(25)33/h5-7,10-13,22H,8-9H2,1-4H3,(H,32,34)/t22-,26+/m0/s1. The van der Waals surface area contributed by atoms with Gasteiger partial charge in [-0.2, -0.15) is 5.26 Å². The second-order valence-corrected chi connectivity index (χ2v) is 9.83. The van der Waals surface area contributed by atoms with Crippen molar-refractivity contribution in [3.05, 3.63) is 64.7 Å². The maximum absolute atomic E-state index is 13.1. The van der Waals surface area contributed by atoms with Gasteiger partial charge >= 0.3 is 6.36 Å². The van der Waals surface area contributed by atoms with Gasteiger partial charge in [0.1, 0.15) is 17.6 Å². The van der Waals surface area contributed by atoms with Gasteiger partial charge in [0.15, 0.2) is 5.78 Å². The van der Waals surface area contributed by atoms with Crippen molar-refractivity contribution in [1.29, 1.82) is 5.26 Å². The molecule has 0 aliphatic heterocycles. The van der Waals surface area contributed by atoms with Gasteiger partial charge in [0.25, 0.3) is 5.91 Å². The largest absolute Gasteiger partial charge is 0.573 e. The molecule has 2 aromatic rings. The van der Waals surface area contributed by atoms with Gasteiger partial charge in [0.2, 0.25) is 0 Å². The molecule has 36 heavy (non-hydrogen) atoms. The van der Waals surface area contributed by atoms with Crippen molar-refractivity contribution in [3.63, 3.8) is 0 Å². The zero-order valence-corrected chi connectivity index (χ0v) is 20.2. The lowest BCUT2D eigenvalue weighted by molar-refractivity contribution is -0.274. The third-order valence-corrected chi connectivity index (χ3v) is 7.27. The summed E-state index contributed by atoms with van der Waals surface area (Å²) in [5.41, 5.74) is 0.862. The topological polar surface area (TPSA) is 88.4 Å². The molecule has 0 radical (unpaired) electrons. The lowest BCUT2D eigenvalue weighted by atomic mass is 9.51. The lowest BCUT2D eigenvalue weighted by Crippen LogP contribution is -2.51. The Labute approximate surface area is 206 Å². The number of anilines is 1. The van der Waals surface area contributed by atoms with Crippen LogP contribution in [0.4, 0.5) is 18.9 Å². The third kappa shape index (κ3) is 4.32. The Morgan fingerprint density at radius 2 is 1.92 bits per heavy atom. The Bertz CT molecular complexity index is 1320. The van der Waals surface area contributed by atoms with Gasteiger partial charge in [-0.1, -0.05) is 32.9 Å². The van der Waals surface area contributed by atoms with Crippen LogP contribution in [0.3, 0.4) is 0 Å². The van der Waals surface area contributed by atoms with Crippen LogP contribution in [0.25, 0.3) is 0 Å². The smallest absolute Gasteiger partial charge is 0.496 e. The maximum atomic E-state index is 13.1. The second-order valence-electron chi connectivity index (χ2n) is 9.83. The highest BCUT2D eigenvalue weighted by molar-refractivity contribution is 6.07. The molecule has 1 amide bonds. The fourth-order valence-electron chi connectivity index (χ4n) is 5.68. The summed E-state index contributed by atoms with van der Waals surface area (Å²) in [6, 6.07) is 10.5. The highest BCUT2D eigenvalue weighted by Gasteiger charge is 2.54. The van der Waals surface area contributed by atoms with Crippen LogP contribution in [-0.2, 0) is 16.6 Å². The number of ketones is 1. The fourth-order valence-corrected chi connectivity index (χ4v) is 5.68. The van der Waals surface area contributed by atoms with E-state index in [4.69, 9.17) is 4.74 Å². The number of methoxy groups -OCH3 is 1. The van der Waals surface area contributed by atoms with Crippen LogP contribution < -0.4 is 14.8 Å². The molecule has 1 N–H and O–H groups in total.